The van der Waals surface area contributed by atoms with E-state index in [0.29, 0.717) is 6.04 Å². The molecule has 0 amide bonds. The molecular weight excluding hydrogens is 234 g/mol. The van der Waals surface area contributed by atoms with Gasteiger partial charge in [0.2, 0.25) is 0 Å². The number of hydrogen-bond acceptors (Lipinski definition) is 3. The van der Waals surface area contributed by atoms with Crippen molar-refractivity contribution in [2.75, 3.05) is 46.8 Å². The highest BCUT2D eigenvalue weighted by atomic mass is 15.1. The minimum atomic E-state index is 0.615. The van der Waals surface area contributed by atoms with Crippen molar-refractivity contribution in [3.63, 3.8) is 0 Å². The Hall–Kier alpha value is -0.120. The maximum atomic E-state index is 3.47. The summed E-state index contributed by atoms with van der Waals surface area (Å²) >= 11 is 0. The van der Waals surface area contributed by atoms with Crippen LogP contribution in [0.5, 0.6) is 0 Å². The van der Waals surface area contributed by atoms with E-state index in [9.17, 15) is 0 Å². The zero-order valence-electron chi connectivity index (χ0n) is 14.0. The molecule has 0 spiro atoms. The molecule has 0 atom stereocenters. The van der Waals surface area contributed by atoms with Gasteiger partial charge in [-0.05, 0) is 72.5 Å². The van der Waals surface area contributed by atoms with Crippen molar-refractivity contribution < 1.29 is 0 Å². The molecule has 0 aliphatic rings. The van der Waals surface area contributed by atoms with Crippen LogP contribution in [0.2, 0.25) is 0 Å². The van der Waals surface area contributed by atoms with Gasteiger partial charge in [0, 0.05) is 6.04 Å². The molecule has 0 aromatic rings. The van der Waals surface area contributed by atoms with Gasteiger partial charge in [-0.3, -0.25) is 0 Å². The van der Waals surface area contributed by atoms with Gasteiger partial charge >= 0.3 is 0 Å². The van der Waals surface area contributed by atoms with Crippen LogP contribution in [-0.2, 0) is 0 Å². The van der Waals surface area contributed by atoms with E-state index in [0.717, 1.165) is 6.54 Å². The summed E-state index contributed by atoms with van der Waals surface area (Å²) in [4.78, 5) is 4.93. The first-order valence-electron chi connectivity index (χ1n) is 8.16. The molecule has 0 heterocycles. The van der Waals surface area contributed by atoms with Crippen molar-refractivity contribution in [2.24, 2.45) is 0 Å². The monoisotopic (exact) mass is 271 g/mol. The minimum Gasteiger partial charge on any atom is -0.314 e. The van der Waals surface area contributed by atoms with Gasteiger partial charge < -0.3 is 15.1 Å². The minimum absolute atomic E-state index is 0.615. The van der Waals surface area contributed by atoms with Crippen molar-refractivity contribution in [1.29, 1.82) is 0 Å². The largest absolute Gasteiger partial charge is 0.314 e. The van der Waals surface area contributed by atoms with E-state index in [-0.39, 0.29) is 0 Å². The smallest absolute Gasteiger partial charge is 0.00103 e. The number of hydrogen-bond donors (Lipinski definition) is 1. The van der Waals surface area contributed by atoms with Crippen LogP contribution < -0.4 is 5.32 Å². The summed E-state index contributed by atoms with van der Waals surface area (Å²) in [6.45, 7) is 12.8. The van der Waals surface area contributed by atoms with E-state index < -0.39 is 0 Å². The summed E-state index contributed by atoms with van der Waals surface area (Å²) in [6, 6.07) is 0.615. The first kappa shape index (κ1) is 18.9. The van der Waals surface area contributed by atoms with Gasteiger partial charge in [-0.15, -0.1) is 0 Å². The average Bonchev–Trinajstić information content (AvgIpc) is 2.37. The van der Waals surface area contributed by atoms with Crippen molar-refractivity contribution >= 4 is 0 Å². The number of rotatable bonds is 13. The second-order valence-corrected chi connectivity index (χ2v) is 6.13. The highest BCUT2D eigenvalue weighted by Crippen LogP contribution is 1.98. The molecule has 1 N–H and O–H groups in total. The molecule has 0 aromatic carbocycles. The maximum Gasteiger partial charge on any atom is 0.00103 e. The summed E-state index contributed by atoms with van der Waals surface area (Å²) in [6.07, 6.45) is 6.54. The van der Waals surface area contributed by atoms with Crippen molar-refractivity contribution in [3.05, 3.63) is 0 Å². The summed E-state index contributed by atoms with van der Waals surface area (Å²) in [5.74, 6) is 0. The normalized spacial score (nSPS) is 12.0. The van der Waals surface area contributed by atoms with Crippen LogP contribution >= 0.6 is 0 Å². The Kier molecular flexibility index (Phi) is 12.8. The molecule has 116 valence electrons. The average molecular weight is 271 g/mol. The molecule has 0 saturated heterocycles. The molecule has 19 heavy (non-hydrogen) atoms. The standard InChI is InChI=1S/C16H37N3/c1-6-7-12-18(4)13-8-9-14-19(5)15-10-11-17-16(2)3/h16-17H,6-15H2,1-5H3. The third-order valence-corrected chi connectivity index (χ3v) is 3.49. The molecule has 0 aliphatic heterocycles. The molecule has 0 rings (SSSR count). The summed E-state index contributed by atoms with van der Waals surface area (Å²) in [5.41, 5.74) is 0. The highest BCUT2D eigenvalue weighted by molar-refractivity contribution is 4.58. The molecule has 0 fully saturated rings. The molecule has 3 heteroatoms. The maximum absolute atomic E-state index is 3.47. The van der Waals surface area contributed by atoms with Gasteiger partial charge in [0.1, 0.15) is 0 Å². The molecule has 0 aliphatic carbocycles. The molecule has 0 aromatic heterocycles. The fraction of sp³-hybridized carbons (Fsp3) is 1.00. The Morgan fingerprint density at radius 2 is 1.26 bits per heavy atom. The second-order valence-electron chi connectivity index (χ2n) is 6.13. The SMILES string of the molecule is CCCCN(C)CCCCN(C)CCCNC(C)C. The van der Waals surface area contributed by atoms with Crippen LogP contribution in [0.4, 0.5) is 0 Å². The van der Waals surface area contributed by atoms with Gasteiger partial charge in [0.25, 0.3) is 0 Å². The molecular formula is C16H37N3. The fourth-order valence-electron chi connectivity index (χ4n) is 2.15. The predicted molar refractivity (Wildman–Crippen MR) is 86.9 cm³/mol. The van der Waals surface area contributed by atoms with Crippen molar-refractivity contribution in [1.82, 2.24) is 15.1 Å². The zero-order chi connectivity index (χ0) is 14.5. The lowest BCUT2D eigenvalue weighted by atomic mass is 10.2. The third kappa shape index (κ3) is 14.1. The van der Waals surface area contributed by atoms with E-state index in [1.54, 1.807) is 0 Å². The van der Waals surface area contributed by atoms with Gasteiger partial charge in [-0.1, -0.05) is 27.2 Å². The van der Waals surface area contributed by atoms with Crippen molar-refractivity contribution in [2.45, 2.75) is 58.9 Å². The Labute approximate surface area is 121 Å². The van der Waals surface area contributed by atoms with Crippen molar-refractivity contribution in [3.8, 4) is 0 Å². The lowest BCUT2D eigenvalue weighted by Crippen LogP contribution is -2.28. The molecule has 0 saturated carbocycles. The highest BCUT2D eigenvalue weighted by Gasteiger charge is 2.00. The van der Waals surface area contributed by atoms with Gasteiger partial charge in [0.05, 0.1) is 0 Å². The van der Waals surface area contributed by atoms with E-state index in [1.165, 1.54) is 58.3 Å². The van der Waals surface area contributed by atoms with Gasteiger partial charge in [-0.25, -0.2) is 0 Å². The Balaban J connectivity index is 3.30. The van der Waals surface area contributed by atoms with Crippen LogP contribution in [-0.4, -0.2) is 62.7 Å². The molecule has 0 unspecified atom stereocenters. The lowest BCUT2D eigenvalue weighted by Gasteiger charge is -2.19. The van der Waals surface area contributed by atoms with E-state index >= 15 is 0 Å². The Morgan fingerprint density at radius 1 is 0.789 bits per heavy atom. The van der Waals surface area contributed by atoms with E-state index in [1.807, 2.05) is 0 Å². The molecule has 0 radical (unpaired) electrons. The van der Waals surface area contributed by atoms with Crippen LogP contribution in [0.3, 0.4) is 0 Å². The molecule has 3 nitrogen and oxygen atoms in total. The van der Waals surface area contributed by atoms with E-state index in [4.69, 9.17) is 0 Å². The summed E-state index contributed by atoms with van der Waals surface area (Å²) < 4.78 is 0. The first-order chi connectivity index (χ1) is 9.06. The predicted octanol–water partition coefficient (Wildman–Crippen LogP) is 2.82. The number of nitrogens with zero attached hydrogens (tertiary/aromatic N) is 2. The summed E-state index contributed by atoms with van der Waals surface area (Å²) in [7, 11) is 4.49. The van der Waals surface area contributed by atoms with Gasteiger partial charge in [-0.2, -0.15) is 0 Å². The summed E-state index contributed by atoms with van der Waals surface area (Å²) in [5, 5.41) is 3.47. The number of unbranched alkanes of at least 4 members (excludes halogenated alkanes) is 2. The third-order valence-electron chi connectivity index (χ3n) is 3.49. The van der Waals surface area contributed by atoms with Crippen LogP contribution in [0, 0.1) is 0 Å². The Bertz CT molecular complexity index is 183. The van der Waals surface area contributed by atoms with Crippen LogP contribution in [0.15, 0.2) is 0 Å². The zero-order valence-corrected chi connectivity index (χ0v) is 14.0. The Morgan fingerprint density at radius 3 is 1.74 bits per heavy atom. The quantitative estimate of drug-likeness (QED) is 0.520. The topological polar surface area (TPSA) is 18.5 Å². The van der Waals surface area contributed by atoms with E-state index in [2.05, 4.69) is 50.0 Å². The number of nitrogens with one attached hydrogen (secondary N) is 1. The lowest BCUT2D eigenvalue weighted by molar-refractivity contribution is 0.287. The first-order valence-corrected chi connectivity index (χ1v) is 8.16. The second kappa shape index (κ2) is 12.9. The van der Waals surface area contributed by atoms with Crippen LogP contribution in [0.25, 0.3) is 0 Å². The van der Waals surface area contributed by atoms with Crippen LogP contribution in [0.1, 0.15) is 52.9 Å². The fourth-order valence-corrected chi connectivity index (χ4v) is 2.15. The van der Waals surface area contributed by atoms with Gasteiger partial charge in [0.15, 0.2) is 0 Å². The molecule has 0 bridgehead atoms.